The van der Waals surface area contributed by atoms with Crippen LogP contribution in [0.1, 0.15) is 5.69 Å². The maximum absolute atomic E-state index is 12.1. The van der Waals surface area contributed by atoms with E-state index in [1.807, 2.05) is 0 Å². The average Bonchev–Trinajstić information content (AvgIpc) is 2.46. The topological polar surface area (TPSA) is 141 Å². The van der Waals surface area contributed by atoms with E-state index in [1.54, 1.807) is 12.1 Å². The number of hydrogen-bond donors (Lipinski definition) is 2. The van der Waals surface area contributed by atoms with Gasteiger partial charge in [-0.25, -0.2) is 13.1 Å². The highest BCUT2D eigenvalue weighted by molar-refractivity contribution is 7.89. The molecule has 0 amide bonds. The zero-order valence-electron chi connectivity index (χ0n) is 10.6. The van der Waals surface area contributed by atoms with E-state index >= 15 is 0 Å². The first-order valence-electron chi connectivity index (χ1n) is 5.70. The van der Waals surface area contributed by atoms with Crippen molar-refractivity contribution in [1.29, 1.82) is 0 Å². The standard InChI is InChI=1S/C11H11N5O4S/c12-10-6-9(3-4-11(10)16(17)18)21(19,20)14-7-8-2-1-5-13-15-8/h1-6,14H,7,12H2. The molecule has 10 heteroatoms. The van der Waals surface area contributed by atoms with Crippen molar-refractivity contribution in [2.24, 2.45) is 0 Å². The fraction of sp³-hybridized carbons (Fsp3) is 0.0909. The van der Waals surface area contributed by atoms with Crippen LogP contribution in [-0.2, 0) is 16.6 Å². The summed E-state index contributed by atoms with van der Waals surface area (Å²) in [6.45, 7) is -0.0485. The van der Waals surface area contributed by atoms with Crippen molar-refractivity contribution in [2.75, 3.05) is 5.73 Å². The maximum atomic E-state index is 12.1. The van der Waals surface area contributed by atoms with Gasteiger partial charge in [0.05, 0.1) is 22.1 Å². The van der Waals surface area contributed by atoms with Gasteiger partial charge in [0.15, 0.2) is 0 Å². The van der Waals surface area contributed by atoms with E-state index in [4.69, 9.17) is 5.73 Å². The van der Waals surface area contributed by atoms with Gasteiger partial charge in [-0.15, -0.1) is 0 Å². The predicted molar refractivity (Wildman–Crippen MR) is 73.6 cm³/mol. The number of nitrogens with one attached hydrogen (secondary N) is 1. The SMILES string of the molecule is Nc1cc(S(=O)(=O)NCc2cccnn2)ccc1[N+](=O)[O-]. The molecule has 0 aliphatic carbocycles. The lowest BCUT2D eigenvalue weighted by atomic mass is 10.3. The minimum absolute atomic E-state index is 0.0485. The molecular weight excluding hydrogens is 298 g/mol. The Morgan fingerprint density at radius 1 is 1.33 bits per heavy atom. The Morgan fingerprint density at radius 3 is 2.67 bits per heavy atom. The Bertz CT molecular complexity index is 763. The van der Waals surface area contributed by atoms with Crippen LogP contribution in [-0.4, -0.2) is 23.5 Å². The van der Waals surface area contributed by atoms with E-state index < -0.39 is 14.9 Å². The van der Waals surface area contributed by atoms with Gasteiger partial charge in [0.25, 0.3) is 5.69 Å². The highest BCUT2D eigenvalue weighted by Crippen LogP contribution is 2.24. The summed E-state index contributed by atoms with van der Waals surface area (Å²) in [4.78, 5) is 9.80. The fourth-order valence-electron chi connectivity index (χ4n) is 1.55. The molecule has 3 N–H and O–H groups in total. The molecule has 1 aromatic heterocycles. The number of aromatic nitrogens is 2. The average molecular weight is 309 g/mol. The van der Waals surface area contributed by atoms with E-state index in [1.165, 1.54) is 6.20 Å². The lowest BCUT2D eigenvalue weighted by Crippen LogP contribution is -2.24. The molecule has 0 aliphatic heterocycles. The van der Waals surface area contributed by atoms with E-state index in [9.17, 15) is 18.5 Å². The summed E-state index contributed by atoms with van der Waals surface area (Å²) in [7, 11) is -3.84. The monoisotopic (exact) mass is 309 g/mol. The van der Waals surface area contributed by atoms with Gasteiger partial charge in [-0.05, 0) is 24.3 Å². The zero-order valence-corrected chi connectivity index (χ0v) is 11.4. The molecule has 2 rings (SSSR count). The Balaban J connectivity index is 2.20. The first-order chi connectivity index (χ1) is 9.90. The molecular formula is C11H11N5O4S. The normalized spacial score (nSPS) is 11.2. The van der Waals surface area contributed by atoms with Crippen LogP contribution in [0.5, 0.6) is 0 Å². The van der Waals surface area contributed by atoms with Crippen molar-refractivity contribution in [3.63, 3.8) is 0 Å². The van der Waals surface area contributed by atoms with Crippen molar-refractivity contribution in [2.45, 2.75) is 11.4 Å². The van der Waals surface area contributed by atoms with Gasteiger partial charge in [-0.1, -0.05) is 0 Å². The summed E-state index contributed by atoms with van der Waals surface area (Å²) in [5, 5.41) is 18.0. The van der Waals surface area contributed by atoms with Crippen LogP contribution in [0.2, 0.25) is 0 Å². The van der Waals surface area contributed by atoms with Crippen LogP contribution >= 0.6 is 0 Å². The van der Waals surface area contributed by atoms with E-state index in [0.717, 1.165) is 18.2 Å². The van der Waals surface area contributed by atoms with Crippen LogP contribution in [0.15, 0.2) is 41.4 Å². The molecule has 0 saturated carbocycles. The lowest BCUT2D eigenvalue weighted by molar-refractivity contribution is -0.383. The smallest absolute Gasteiger partial charge is 0.292 e. The molecule has 110 valence electrons. The fourth-order valence-corrected chi connectivity index (χ4v) is 2.58. The second kappa shape index (κ2) is 5.81. The molecule has 0 spiro atoms. The predicted octanol–water partition coefficient (Wildman–Crippen LogP) is 0.445. The largest absolute Gasteiger partial charge is 0.393 e. The molecule has 0 atom stereocenters. The van der Waals surface area contributed by atoms with Gasteiger partial charge in [-0.2, -0.15) is 10.2 Å². The van der Waals surface area contributed by atoms with Crippen molar-refractivity contribution in [3.05, 3.63) is 52.3 Å². The van der Waals surface area contributed by atoms with Crippen LogP contribution in [0.4, 0.5) is 11.4 Å². The molecule has 0 unspecified atom stereocenters. The van der Waals surface area contributed by atoms with E-state index in [0.29, 0.717) is 5.69 Å². The summed E-state index contributed by atoms with van der Waals surface area (Å²) < 4.78 is 26.4. The third-order valence-corrected chi connectivity index (χ3v) is 3.98. The number of nitro benzene ring substituents is 1. The second-order valence-corrected chi connectivity index (χ2v) is 5.78. The van der Waals surface area contributed by atoms with Crippen LogP contribution in [0.25, 0.3) is 0 Å². The molecule has 0 radical (unpaired) electrons. The van der Waals surface area contributed by atoms with E-state index in [-0.39, 0.29) is 22.8 Å². The Morgan fingerprint density at radius 2 is 2.10 bits per heavy atom. The molecule has 2 aromatic rings. The van der Waals surface area contributed by atoms with Crippen molar-refractivity contribution >= 4 is 21.4 Å². The van der Waals surface area contributed by atoms with Crippen LogP contribution in [0, 0.1) is 10.1 Å². The van der Waals surface area contributed by atoms with Gasteiger partial charge in [0.1, 0.15) is 5.69 Å². The van der Waals surface area contributed by atoms with E-state index in [2.05, 4.69) is 14.9 Å². The zero-order chi connectivity index (χ0) is 15.5. The Labute approximate surface area is 120 Å². The number of nitrogens with two attached hydrogens (primary N) is 1. The number of sulfonamides is 1. The number of hydrogen-bond acceptors (Lipinski definition) is 7. The molecule has 21 heavy (non-hydrogen) atoms. The summed E-state index contributed by atoms with van der Waals surface area (Å²) in [6.07, 6.45) is 1.47. The number of nitrogens with zero attached hydrogens (tertiary/aromatic N) is 3. The van der Waals surface area contributed by atoms with Crippen molar-refractivity contribution in [1.82, 2.24) is 14.9 Å². The highest BCUT2D eigenvalue weighted by Gasteiger charge is 2.19. The molecule has 0 fully saturated rings. The third-order valence-electron chi connectivity index (χ3n) is 2.58. The van der Waals surface area contributed by atoms with Crippen molar-refractivity contribution in [3.8, 4) is 0 Å². The van der Waals surface area contributed by atoms with Gasteiger partial charge in [0, 0.05) is 12.3 Å². The van der Waals surface area contributed by atoms with Crippen LogP contribution < -0.4 is 10.5 Å². The van der Waals surface area contributed by atoms with Gasteiger partial charge in [-0.3, -0.25) is 10.1 Å². The van der Waals surface area contributed by atoms with Crippen molar-refractivity contribution < 1.29 is 13.3 Å². The quantitative estimate of drug-likeness (QED) is 0.464. The van der Waals surface area contributed by atoms with Gasteiger partial charge >= 0.3 is 0 Å². The summed E-state index contributed by atoms with van der Waals surface area (Å²) >= 11 is 0. The maximum Gasteiger partial charge on any atom is 0.292 e. The molecule has 1 heterocycles. The first-order valence-corrected chi connectivity index (χ1v) is 7.18. The molecule has 1 aromatic carbocycles. The molecule has 9 nitrogen and oxygen atoms in total. The van der Waals surface area contributed by atoms with Gasteiger partial charge < -0.3 is 5.73 Å². The number of nitro groups is 1. The Kier molecular flexibility index (Phi) is 4.10. The molecule has 0 bridgehead atoms. The first kappa shape index (κ1) is 14.8. The number of nitrogen functional groups attached to an aromatic ring is 1. The number of anilines is 1. The minimum atomic E-state index is -3.84. The Hall–Kier alpha value is -2.59. The molecule has 0 aliphatic rings. The number of benzene rings is 1. The summed E-state index contributed by atoms with van der Waals surface area (Å²) in [5.74, 6) is 0. The second-order valence-electron chi connectivity index (χ2n) is 4.02. The third kappa shape index (κ3) is 3.49. The number of rotatable bonds is 5. The highest BCUT2D eigenvalue weighted by atomic mass is 32.2. The summed E-state index contributed by atoms with van der Waals surface area (Å²) in [6, 6.07) is 6.44. The lowest BCUT2D eigenvalue weighted by Gasteiger charge is -2.07. The van der Waals surface area contributed by atoms with Crippen LogP contribution in [0.3, 0.4) is 0 Å². The van der Waals surface area contributed by atoms with Gasteiger partial charge in [0.2, 0.25) is 10.0 Å². The summed E-state index contributed by atoms with van der Waals surface area (Å²) in [5.41, 5.74) is 5.35. The molecule has 0 saturated heterocycles. The minimum Gasteiger partial charge on any atom is -0.393 e.